The summed E-state index contributed by atoms with van der Waals surface area (Å²) < 4.78 is 11.6. The molecule has 0 aliphatic carbocycles. The molecule has 3 rings (SSSR count). The molecule has 0 atom stereocenters. The molecule has 2 aromatic rings. The highest BCUT2D eigenvalue weighted by Gasteiger charge is 2.27. The molecule has 0 saturated heterocycles. The fourth-order valence-electron chi connectivity index (χ4n) is 2.65. The molecule has 1 N–H and O–H groups in total. The van der Waals surface area contributed by atoms with Crippen molar-refractivity contribution in [2.24, 2.45) is 0 Å². The quantitative estimate of drug-likeness (QED) is 0.776. The number of nitrogens with one attached hydrogen (secondary N) is 1. The third-order valence-corrected chi connectivity index (χ3v) is 5.67. The van der Waals surface area contributed by atoms with Crippen LogP contribution in [0.5, 0.6) is 11.5 Å². The molecule has 0 fully saturated rings. The molecule has 1 aromatic heterocycles. The third kappa shape index (κ3) is 4.02. The monoisotopic (exact) mass is 438 g/mol. The Kier molecular flexibility index (Phi) is 5.24. The summed E-state index contributed by atoms with van der Waals surface area (Å²) in [5.74, 6) is 0.944. The van der Waals surface area contributed by atoms with Crippen molar-refractivity contribution < 1.29 is 19.1 Å². The van der Waals surface area contributed by atoms with Gasteiger partial charge in [-0.2, -0.15) is 0 Å². The minimum Gasteiger partial charge on any atom is -0.454 e. The van der Waals surface area contributed by atoms with Crippen LogP contribution < -0.4 is 14.8 Å². The Morgan fingerprint density at radius 3 is 2.65 bits per heavy atom. The van der Waals surface area contributed by atoms with Crippen molar-refractivity contribution in [3.05, 3.63) is 44.6 Å². The molecule has 0 unspecified atom stereocenters. The Balaban J connectivity index is 1.64. The van der Waals surface area contributed by atoms with Gasteiger partial charge in [0.1, 0.15) is 0 Å². The third-order valence-electron chi connectivity index (χ3n) is 4.06. The van der Waals surface area contributed by atoms with Gasteiger partial charge in [0.25, 0.3) is 5.91 Å². The SMILES string of the molecule is CN(CC(=O)NC(C)(C)c1ccc2c(c1)OCO2)C(=O)c1ccc(Br)s1. The zero-order chi connectivity index (χ0) is 18.9. The number of benzene rings is 1. The van der Waals surface area contributed by atoms with E-state index in [1.165, 1.54) is 16.2 Å². The van der Waals surface area contributed by atoms with E-state index in [9.17, 15) is 9.59 Å². The van der Waals surface area contributed by atoms with E-state index in [1.54, 1.807) is 13.1 Å². The highest BCUT2D eigenvalue weighted by atomic mass is 79.9. The van der Waals surface area contributed by atoms with E-state index in [2.05, 4.69) is 21.2 Å². The zero-order valence-corrected chi connectivity index (χ0v) is 17.1. The van der Waals surface area contributed by atoms with Crippen molar-refractivity contribution in [3.63, 3.8) is 0 Å². The number of nitrogens with zero attached hydrogens (tertiary/aromatic N) is 1. The number of halogens is 1. The Labute approximate surface area is 164 Å². The highest BCUT2D eigenvalue weighted by Crippen LogP contribution is 2.35. The van der Waals surface area contributed by atoms with E-state index >= 15 is 0 Å². The van der Waals surface area contributed by atoms with Gasteiger partial charge in [0, 0.05) is 7.05 Å². The largest absolute Gasteiger partial charge is 0.454 e. The maximum atomic E-state index is 12.5. The van der Waals surface area contributed by atoms with Crippen molar-refractivity contribution in [2.75, 3.05) is 20.4 Å². The number of likely N-dealkylation sites (N-methyl/N-ethyl adjacent to an activating group) is 1. The zero-order valence-electron chi connectivity index (χ0n) is 14.7. The second-order valence-electron chi connectivity index (χ2n) is 6.51. The van der Waals surface area contributed by atoms with Gasteiger partial charge in [-0.05, 0) is 59.6 Å². The number of carbonyl (C=O) groups is 2. The molecular formula is C18H19BrN2O4S. The molecule has 0 saturated carbocycles. The smallest absolute Gasteiger partial charge is 0.264 e. The van der Waals surface area contributed by atoms with Crippen molar-refractivity contribution in [2.45, 2.75) is 19.4 Å². The number of rotatable bonds is 5. The summed E-state index contributed by atoms with van der Waals surface area (Å²) in [6.45, 7) is 3.99. The van der Waals surface area contributed by atoms with Gasteiger partial charge in [-0.3, -0.25) is 9.59 Å². The predicted octanol–water partition coefficient (Wildman–Crippen LogP) is 3.36. The molecular weight excluding hydrogens is 420 g/mol. The molecule has 138 valence electrons. The first kappa shape index (κ1) is 18.7. The van der Waals surface area contributed by atoms with Crippen LogP contribution in [0.2, 0.25) is 0 Å². The van der Waals surface area contributed by atoms with E-state index in [0.29, 0.717) is 16.4 Å². The van der Waals surface area contributed by atoms with Crippen LogP contribution >= 0.6 is 27.3 Å². The number of fused-ring (bicyclic) bond motifs is 1. The lowest BCUT2D eigenvalue weighted by Crippen LogP contribution is -2.46. The van der Waals surface area contributed by atoms with Gasteiger partial charge in [0.05, 0.1) is 20.7 Å². The average Bonchev–Trinajstić information content (AvgIpc) is 3.21. The topological polar surface area (TPSA) is 67.9 Å². The van der Waals surface area contributed by atoms with Crippen molar-refractivity contribution in [1.29, 1.82) is 0 Å². The van der Waals surface area contributed by atoms with Gasteiger partial charge < -0.3 is 19.7 Å². The van der Waals surface area contributed by atoms with Gasteiger partial charge in [-0.15, -0.1) is 11.3 Å². The normalized spacial score (nSPS) is 12.8. The van der Waals surface area contributed by atoms with Crippen LogP contribution in [0.1, 0.15) is 29.1 Å². The Bertz CT molecular complexity index is 849. The fourth-order valence-corrected chi connectivity index (χ4v) is 4.03. The summed E-state index contributed by atoms with van der Waals surface area (Å²) in [6, 6.07) is 9.14. The maximum Gasteiger partial charge on any atom is 0.264 e. The van der Waals surface area contributed by atoms with E-state index < -0.39 is 5.54 Å². The second-order valence-corrected chi connectivity index (χ2v) is 8.97. The van der Waals surface area contributed by atoms with Crippen LogP contribution in [0.15, 0.2) is 34.1 Å². The van der Waals surface area contributed by atoms with E-state index in [1.807, 2.05) is 38.1 Å². The molecule has 0 radical (unpaired) electrons. The lowest BCUT2D eigenvalue weighted by atomic mass is 9.94. The standard InChI is InChI=1S/C18H19BrN2O4S/c1-18(2,11-4-5-12-13(8-11)25-10-24-12)20-16(22)9-21(3)17(23)14-6-7-15(19)26-14/h4-8H,9-10H2,1-3H3,(H,20,22). The van der Waals surface area contributed by atoms with Crippen molar-refractivity contribution in [3.8, 4) is 11.5 Å². The van der Waals surface area contributed by atoms with Gasteiger partial charge in [0.15, 0.2) is 11.5 Å². The Hall–Kier alpha value is -2.06. The summed E-state index contributed by atoms with van der Waals surface area (Å²) in [7, 11) is 1.61. The molecule has 2 heterocycles. The minimum absolute atomic E-state index is 0.0255. The number of hydrogen-bond donors (Lipinski definition) is 1. The lowest BCUT2D eigenvalue weighted by Gasteiger charge is -2.28. The highest BCUT2D eigenvalue weighted by molar-refractivity contribution is 9.11. The van der Waals surface area contributed by atoms with Gasteiger partial charge in [-0.25, -0.2) is 0 Å². The average molecular weight is 439 g/mol. The van der Waals surface area contributed by atoms with Gasteiger partial charge >= 0.3 is 0 Å². The molecule has 6 nitrogen and oxygen atoms in total. The number of ether oxygens (including phenoxy) is 2. The molecule has 1 aliphatic rings. The van der Waals surface area contributed by atoms with E-state index in [-0.39, 0.29) is 25.2 Å². The Morgan fingerprint density at radius 1 is 1.23 bits per heavy atom. The first-order chi connectivity index (χ1) is 12.3. The first-order valence-electron chi connectivity index (χ1n) is 7.98. The second kappa shape index (κ2) is 7.28. The van der Waals surface area contributed by atoms with Crippen LogP contribution in [-0.4, -0.2) is 37.1 Å². The fraction of sp³-hybridized carbons (Fsp3) is 0.333. The Morgan fingerprint density at radius 2 is 1.96 bits per heavy atom. The van der Waals surface area contributed by atoms with Crippen LogP contribution in [0, 0.1) is 0 Å². The van der Waals surface area contributed by atoms with Crippen LogP contribution in [0.4, 0.5) is 0 Å². The molecule has 8 heteroatoms. The molecule has 0 bridgehead atoms. The summed E-state index contributed by atoms with van der Waals surface area (Å²) in [4.78, 5) is 26.8. The minimum atomic E-state index is -0.617. The van der Waals surface area contributed by atoms with Crippen molar-refractivity contribution in [1.82, 2.24) is 10.2 Å². The molecule has 26 heavy (non-hydrogen) atoms. The number of thiophene rings is 1. The van der Waals surface area contributed by atoms with Crippen LogP contribution in [-0.2, 0) is 10.3 Å². The van der Waals surface area contributed by atoms with E-state index in [4.69, 9.17) is 9.47 Å². The first-order valence-corrected chi connectivity index (χ1v) is 9.59. The number of amides is 2. The van der Waals surface area contributed by atoms with Crippen LogP contribution in [0.25, 0.3) is 0 Å². The van der Waals surface area contributed by atoms with Crippen molar-refractivity contribution >= 4 is 39.1 Å². The summed E-state index contributed by atoms with van der Waals surface area (Å²) in [5.41, 5.74) is 0.278. The summed E-state index contributed by atoms with van der Waals surface area (Å²) in [6.07, 6.45) is 0. The molecule has 2 amide bonds. The molecule has 0 spiro atoms. The number of hydrogen-bond acceptors (Lipinski definition) is 5. The predicted molar refractivity (Wildman–Crippen MR) is 103 cm³/mol. The van der Waals surface area contributed by atoms with Gasteiger partial charge in [-0.1, -0.05) is 6.07 Å². The number of carbonyl (C=O) groups excluding carboxylic acids is 2. The summed E-state index contributed by atoms with van der Waals surface area (Å²) >= 11 is 4.68. The summed E-state index contributed by atoms with van der Waals surface area (Å²) in [5, 5.41) is 2.97. The molecule has 1 aliphatic heterocycles. The van der Waals surface area contributed by atoms with E-state index in [0.717, 1.165) is 9.35 Å². The molecule has 1 aromatic carbocycles. The lowest BCUT2D eigenvalue weighted by molar-refractivity contribution is -0.123. The maximum absolute atomic E-state index is 12.5. The van der Waals surface area contributed by atoms with Gasteiger partial charge in [0.2, 0.25) is 12.7 Å². The van der Waals surface area contributed by atoms with Crippen LogP contribution in [0.3, 0.4) is 0 Å².